The Hall–Kier alpha value is -2.88. The van der Waals surface area contributed by atoms with E-state index in [4.69, 9.17) is 11.6 Å². The molecular weight excluding hydrogens is 614 g/mol. The number of anilines is 1. The first-order chi connectivity index (χ1) is 19.0. The van der Waals surface area contributed by atoms with E-state index in [-0.39, 0.29) is 37.7 Å². The molecule has 10 heteroatoms. The molecule has 7 nitrogen and oxygen atoms in total. The number of aryl methyl sites for hydroxylation is 1. The lowest BCUT2D eigenvalue weighted by Crippen LogP contribution is -2.50. The number of carbonyl (C=O) groups is 2. The molecule has 3 aromatic carbocycles. The molecular formula is C30H35BrClN3O4S. The van der Waals surface area contributed by atoms with Gasteiger partial charge in [0.25, 0.3) is 0 Å². The normalized spacial score (nSPS) is 12.0. The third-order valence-electron chi connectivity index (χ3n) is 6.48. The molecule has 1 atom stereocenters. The van der Waals surface area contributed by atoms with Gasteiger partial charge in [-0.25, -0.2) is 8.42 Å². The summed E-state index contributed by atoms with van der Waals surface area (Å²) in [7, 11) is -3.62. The molecule has 0 saturated carbocycles. The van der Waals surface area contributed by atoms with Crippen molar-refractivity contribution in [3.8, 4) is 0 Å². The van der Waals surface area contributed by atoms with Crippen LogP contribution in [0.2, 0.25) is 5.02 Å². The van der Waals surface area contributed by atoms with Gasteiger partial charge in [0, 0.05) is 42.0 Å². The van der Waals surface area contributed by atoms with Gasteiger partial charge in [0.05, 0.1) is 11.9 Å². The first-order valence-corrected chi connectivity index (χ1v) is 16.1. The van der Waals surface area contributed by atoms with Crippen LogP contribution in [0.15, 0.2) is 77.3 Å². The number of carbonyl (C=O) groups excluding carboxylic acids is 2. The molecule has 214 valence electrons. The summed E-state index contributed by atoms with van der Waals surface area (Å²) in [5, 5.41) is 3.31. The summed E-state index contributed by atoms with van der Waals surface area (Å²) < 4.78 is 27.6. The van der Waals surface area contributed by atoms with Crippen molar-refractivity contribution in [2.24, 2.45) is 0 Å². The molecule has 40 heavy (non-hydrogen) atoms. The summed E-state index contributed by atoms with van der Waals surface area (Å²) in [6, 6.07) is 21.6. The van der Waals surface area contributed by atoms with Gasteiger partial charge in [-0.05, 0) is 61.2 Å². The number of likely N-dealkylation sites (N-methyl/N-ethyl adjacent to an activating group) is 1. The average molecular weight is 649 g/mol. The molecule has 0 spiro atoms. The Kier molecular flexibility index (Phi) is 11.6. The maximum Gasteiger partial charge on any atom is 0.243 e. The quantitative estimate of drug-likeness (QED) is 0.256. The fourth-order valence-electron chi connectivity index (χ4n) is 4.47. The predicted molar refractivity (Wildman–Crippen MR) is 165 cm³/mol. The molecule has 0 saturated heterocycles. The van der Waals surface area contributed by atoms with Crippen molar-refractivity contribution in [3.05, 3.63) is 99.0 Å². The second-order valence-electron chi connectivity index (χ2n) is 9.62. The van der Waals surface area contributed by atoms with Crippen molar-refractivity contribution in [1.82, 2.24) is 10.2 Å². The number of rotatable bonds is 13. The van der Waals surface area contributed by atoms with Gasteiger partial charge in [0.1, 0.15) is 6.04 Å². The number of nitrogens with zero attached hydrogens (tertiary/aromatic N) is 2. The number of hydrogen-bond acceptors (Lipinski definition) is 4. The van der Waals surface area contributed by atoms with Crippen LogP contribution in [0.5, 0.6) is 0 Å². The van der Waals surface area contributed by atoms with Crippen molar-refractivity contribution in [3.63, 3.8) is 0 Å². The van der Waals surface area contributed by atoms with E-state index in [2.05, 4.69) is 21.2 Å². The van der Waals surface area contributed by atoms with Crippen LogP contribution >= 0.6 is 27.5 Å². The van der Waals surface area contributed by atoms with Crippen LogP contribution in [0.3, 0.4) is 0 Å². The Bertz CT molecular complexity index is 1400. The van der Waals surface area contributed by atoms with Gasteiger partial charge >= 0.3 is 0 Å². The fourth-order valence-corrected chi connectivity index (χ4v) is 5.91. The van der Waals surface area contributed by atoms with Crippen molar-refractivity contribution < 1.29 is 18.0 Å². The first kappa shape index (κ1) is 31.6. The smallest absolute Gasteiger partial charge is 0.243 e. The van der Waals surface area contributed by atoms with E-state index in [1.165, 1.54) is 4.31 Å². The second-order valence-corrected chi connectivity index (χ2v) is 12.9. The SMILES string of the molecule is CCNC(=O)C(Cc1ccccc1)N(Cc1ccc(Br)cc1)C(=O)CCCN(c1cc(Cl)ccc1C)S(C)(=O)=O. The molecule has 1 N–H and O–H groups in total. The average Bonchev–Trinajstić information content (AvgIpc) is 2.91. The minimum absolute atomic E-state index is 0.0624. The summed E-state index contributed by atoms with van der Waals surface area (Å²) >= 11 is 9.60. The Balaban J connectivity index is 1.87. The molecule has 0 aromatic heterocycles. The first-order valence-electron chi connectivity index (χ1n) is 13.1. The van der Waals surface area contributed by atoms with Gasteiger partial charge in [-0.15, -0.1) is 0 Å². The number of halogens is 2. The minimum Gasteiger partial charge on any atom is -0.355 e. The Morgan fingerprint density at radius 2 is 1.68 bits per heavy atom. The van der Waals surface area contributed by atoms with Gasteiger partial charge in [0.2, 0.25) is 21.8 Å². The molecule has 0 aliphatic carbocycles. The lowest BCUT2D eigenvalue weighted by Gasteiger charge is -2.32. The van der Waals surface area contributed by atoms with Gasteiger partial charge in [-0.1, -0.05) is 76.1 Å². The largest absolute Gasteiger partial charge is 0.355 e. The van der Waals surface area contributed by atoms with Crippen LogP contribution < -0.4 is 9.62 Å². The summed E-state index contributed by atoms with van der Waals surface area (Å²) in [5.41, 5.74) is 3.06. The molecule has 0 aliphatic rings. The van der Waals surface area contributed by atoms with E-state index in [0.29, 0.717) is 23.7 Å². The molecule has 0 heterocycles. The van der Waals surface area contributed by atoms with E-state index < -0.39 is 16.1 Å². The Labute approximate surface area is 250 Å². The number of sulfonamides is 1. The summed E-state index contributed by atoms with van der Waals surface area (Å²) in [5.74, 6) is -0.463. The highest BCUT2D eigenvalue weighted by molar-refractivity contribution is 9.10. The van der Waals surface area contributed by atoms with Crippen LogP contribution in [-0.4, -0.2) is 50.5 Å². The lowest BCUT2D eigenvalue weighted by molar-refractivity contribution is -0.141. The highest BCUT2D eigenvalue weighted by atomic mass is 79.9. The summed E-state index contributed by atoms with van der Waals surface area (Å²) in [4.78, 5) is 28.7. The second kappa shape index (κ2) is 14.7. The van der Waals surface area contributed by atoms with E-state index in [1.807, 2.05) is 68.4 Å². The molecule has 3 rings (SSSR count). The van der Waals surface area contributed by atoms with Crippen molar-refractivity contribution >= 4 is 55.1 Å². The van der Waals surface area contributed by atoms with Crippen molar-refractivity contribution in [2.45, 2.75) is 45.7 Å². The molecule has 1 unspecified atom stereocenters. The van der Waals surface area contributed by atoms with E-state index in [9.17, 15) is 18.0 Å². The molecule has 0 bridgehead atoms. The van der Waals surface area contributed by atoms with Crippen LogP contribution in [0.1, 0.15) is 36.5 Å². The number of amides is 2. The van der Waals surface area contributed by atoms with E-state index in [0.717, 1.165) is 27.4 Å². The topological polar surface area (TPSA) is 86.8 Å². The van der Waals surface area contributed by atoms with Crippen molar-refractivity contribution in [1.29, 1.82) is 0 Å². The molecule has 2 amide bonds. The predicted octanol–water partition coefficient (Wildman–Crippen LogP) is 5.73. The molecule has 0 radical (unpaired) electrons. The third kappa shape index (κ3) is 9.08. The zero-order valence-electron chi connectivity index (χ0n) is 22.9. The summed E-state index contributed by atoms with van der Waals surface area (Å²) in [6.45, 7) is 4.44. The van der Waals surface area contributed by atoms with Crippen molar-refractivity contribution in [2.75, 3.05) is 23.7 Å². The standard InChI is InChI=1S/C30H35BrClN3O4S/c1-4-33-30(37)28(19-23-9-6-5-7-10-23)34(21-24-13-15-25(31)16-14-24)29(36)11-8-18-35(40(3,38)39)27-20-26(32)17-12-22(27)2/h5-7,9-10,12-17,20,28H,4,8,11,18-19,21H2,1-3H3,(H,33,37). The zero-order chi connectivity index (χ0) is 29.3. The van der Waals surface area contributed by atoms with Gasteiger partial charge in [0.15, 0.2) is 0 Å². The van der Waals surface area contributed by atoms with Gasteiger partial charge in [-0.3, -0.25) is 13.9 Å². The van der Waals surface area contributed by atoms with Crippen LogP contribution in [-0.2, 0) is 32.6 Å². The zero-order valence-corrected chi connectivity index (χ0v) is 26.1. The maximum absolute atomic E-state index is 13.8. The monoisotopic (exact) mass is 647 g/mol. The molecule has 3 aromatic rings. The van der Waals surface area contributed by atoms with Crippen LogP contribution in [0, 0.1) is 6.92 Å². The highest BCUT2D eigenvalue weighted by Gasteiger charge is 2.30. The van der Waals surface area contributed by atoms with Gasteiger partial charge < -0.3 is 10.2 Å². The number of nitrogens with one attached hydrogen (secondary N) is 1. The Morgan fingerprint density at radius 1 is 1.00 bits per heavy atom. The molecule has 0 aliphatic heterocycles. The van der Waals surface area contributed by atoms with Crippen LogP contribution in [0.4, 0.5) is 5.69 Å². The van der Waals surface area contributed by atoms with E-state index in [1.54, 1.807) is 23.1 Å². The number of hydrogen-bond donors (Lipinski definition) is 1. The highest BCUT2D eigenvalue weighted by Crippen LogP contribution is 2.27. The van der Waals surface area contributed by atoms with Gasteiger partial charge in [-0.2, -0.15) is 0 Å². The number of benzene rings is 3. The lowest BCUT2D eigenvalue weighted by atomic mass is 10.0. The fraction of sp³-hybridized carbons (Fsp3) is 0.333. The third-order valence-corrected chi connectivity index (χ3v) is 8.42. The van der Waals surface area contributed by atoms with Crippen LogP contribution in [0.25, 0.3) is 0 Å². The maximum atomic E-state index is 13.8. The minimum atomic E-state index is -3.62. The van der Waals surface area contributed by atoms with E-state index >= 15 is 0 Å². The molecule has 0 fully saturated rings. The Morgan fingerprint density at radius 3 is 2.30 bits per heavy atom. The summed E-state index contributed by atoms with van der Waals surface area (Å²) in [6.07, 6.45) is 1.82.